The van der Waals surface area contributed by atoms with Crippen molar-refractivity contribution in [2.45, 2.75) is 4.90 Å². The Morgan fingerprint density at radius 2 is 1.67 bits per heavy atom. The molecule has 0 spiro atoms. The first-order valence-electron chi connectivity index (χ1n) is 6.79. The zero-order valence-corrected chi connectivity index (χ0v) is 13.0. The van der Waals surface area contributed by atoms with Crippen LogP contribution >= 0.6 is 0 Å². The molecular formula is C15H13F3N2O3S. The highest BCUT2D eigenvalue weighted by molar-refractivity contribution is 7.89. The van der Waals surface area contributed by atoms with E-state index in [0.717, 1.165) is 24.3 Å². The maximum absolute atomic E-state index is 13.5. The number of hydrogen-bond acceptors (Lipinski definition) is 3. The summed E-state index contributed by atoms with van der Waals surface area (Å²) in [5.74, 6) is -3.57. The molecule has 0 saturated heterocycles. The largest absolute Gasteiger partial charge is 0.351 e. The number of carbonyl (C=O) groups is 1. The van der Waals surface area contributed by atoms with Crippen molar-refractivity contribution >= 4 is 15.9 Å². The van der Waals surface area contributed by atoms with Gasteiger partial charge in [-0.15, -0.1) is 0 Å². The van der Waals surface area contributed by atoms with E-state index in [4.69, 9.17) is 0 Å². The SMILES string of the molecule is O=C(NCCNS(=O)(=O)c1ccccc1F)c1ccc(F)cc1F. The average Bonchev–Trinajstić information content (AvgIpc) is 2.51. The minimum Gasteiger partial charge on any atom is -0.351 e. The van der Waals surface area contributed by atoms with Gasteiger partial charge in [0.2, 0.25) is 10.0 Å². The van der Waals surface area contributed by atoms with Crippen LogP contribution in [0.25, 0.3) is 0 Å². The first kappa shape index (κ1) is 18.0. The maximum atomic E-state index is 13.5. The van der Waals surface area contributed by atoms with Crippen LogP contribution in [0.5, 0.6) is 0 Å². The molecule has 0 aliphatic rings. The van der Waals surface area contributed by atoms with Gasteiger partial charge in [-0.25, -0.2) is 26.3 Å². The number of halogens is 3. The van der Waals surface area contributed by atoms with Crippen molar-refractivity contribution in [1.82, 2.24) is 10.0 Å². The van der Waals surface area contributed by atoms with Gasteiger partial charge in [0.05, 0.1) is 5.56 Å². The molecule has 0 aliphatic heterocycles. The van der Waals surface area contributed by atoms with Crippen LogP contribution in [0.15, 0.2) is 47.4 Å². The van der Waals surface area contributed by atoms with E-state index in [-0.39, 0.29) is 18.7 Å². The molecule has 24 heavy (non-hydrogen) atoms. The lowest BCUT2D eigenvalue weighted by molar-refractivity contribution is 0.0950. The third-order valence-corrected chi connectivity index (χ3v) is 4.50. The van der Waals surface area contributed by atoms with Crippen LogP contribution in [-0.4, -0.2) is 27.4 Å². The first-order chi connectivity index (χ1) is 11.3. The minimum atomic E-state index is -4.07. The lowest BCUT2D eigenvalue weighted by Crippen LogP contribution is -2.35. The number of sulfonamides is 1. The molecule has 128 valence electrons. The summed E-state index contributed by atoms with van der Waals surface area (Å²) in [6.07, 6.45) is 0. The van der Waals surface area contributed by atoms with E-state index in [2.05, 4.69) is 10.0 Å². The van der Waals surface area contributed by atoms with Crippen molar-refractivity contribution in [3.8, 4) is 0 Å². The topological polar surface area (TPSA) is 75.3 Å². The van der Waals surface area contributed by atoms with Gasteiger partial charge in [0.25, 0.3) is 5.91 Å². The van der Waals surface area contributed by atoms with Crippen molar-refractivity contribution in [2.75, 3.05) is 13.1 Å². The summed E-state index contributed by atoms with van der Waals surface area (Å²) in [5, 5.41) is 2.28. The summed E-state index contributed by atoms with van der Waals surface area (Å²) in [4.78, 5) is 11.2. The lowest BCUT2D eigenvalue weighted by atomic mass is 10.2. The summed E-state index contributed by atoms with van der Waals surface area (Å²) in [6, 6.07) is 7.30. The summed E-state index contributed by atoms with van der Waals surface area (Å²) < 4.78 is 65.5. The molecule has 0 bridgehead atoms. The van der Waals surface area contributed by atoms with Crippen molar-refractivity contribution in [3.63, 3.8) is 0 Å². The molecule has 0 saturated carbocycles. The van der Waals surface area contributed by atoms with E-state index in [1.54, 1.807) is 0 Å². The van der Waals surface area contributed by atoms with Gasteiger partial charge in [0, 0.05) is 19.2 Å². The first-order valence-corrected chi connectivity index (χ1v) is 8.27. The van der Waals surface area contributed by atoms with Crippen LogP contribution in [-0.2, 0) is 10.0 Å². The second kappa shape index (κ2) is 7.45. The summed E-state index contributed by atoms with van der Waals surface area (Å²) in [6.45, 7) is -0.394. The molecule has 0 radical (unpaired) electrons. The second-order valence-electron chi connectivity index (χ2n) is 4.71. The molecule has 2 aromatic rings. The average molecular weight is 358 g/mol. The number of carbonyl (C=O) groups excluding carboxylic acids is 1. The Balaban J connectivity index is 1.91. The third kappa shape index (κ3) is 4.33. The Morgan fingerprint density at radius 3 is 2.33 bits per heavy atom. The highest BCUT2D eigenvalue weighted by atomic mass is 32.2. The Morgan fingerprint density at radius 1 is 0.958 bits per heavy atom. The molecule has 1 amide bonds. The van der Waals surface area contributed by atoms with Crippen LogP contribution in [0.1, 0.15) is 10.4 Å². The summed E-state index contributed by atoms with van der Waals surface area (Å²) >= 11 is 0. The van der Waals surface area contributed by atoms with Gasteiger partial charge < -0.3 is 5.32 Å². The van der Waals surface area contributed by atoms with Crippen LogP contribution < -0.4 is 10.0 Å². The van der Waals surface area contributed by atoms with Gasteiger partial charge in [-0.05, 0) is 24.3 Å². The quantitative estimate of drug-likeness (QED) is 0.774. The minimum absolute atomic E-state index is 0.163. The fourth-order valence-electron chi connectivity index (χ4n) is 1.87. The van der Waals surface area contributed by atoms with Crippen LogP contribution in [0, 0.1) is 17.5 Å². The smallest absolute Gasteiger partial charge is 0.254 e. The standard InChI is InChI=1S/C15H13F3N2O3S/c16-10-5-6-11(13(18)9-10)15(21)19-7-8-20-24(22,23)14-4-2-1-3-12(14)17/h1-6,9,20H,7-8H2,(H,19,21). The molecule has 0 heterocycles. The Labute approximate surface area is 136 Å². The van der Waals surface area contributed by atoms with E-state index in [9.17, 15) is 26.4 Å². The molecule has 9 heteroatoms. The number of amides is 1. The van der Waals surface area contributed by atoms with Gasteiger partial charge in [0.1, 0.15) is 22.3 Å². The molecule has 0 unspecified atom stereocenters. The van der Waals surface area contributed by atoms with Gasteiger partial charge >= 0.3 is 0 Å². The van der Waals surface area contributed by atoms with E-state index in [0.29, 0.717) is 6.07 Å². The summed E-state index contributed by atoms with van der Waals surface area (Å²) in [5.41, 5.74) is -0.367. The van der Waals surface area contributed by atoms with E-state index < -0.39 is 38.3 Å². The van der Waals surface area contributed by atoms with Gasteiger partial charge in [-0.3, -0.25) is 4.79 Å². The van der Waals surface area contributed by atoms with Crippen molar-refractivity contribution in [1.29, 1.82) is 0 Å². The van der Waals surface area contributed by atoms with Crippen molar-refractivity contribution in [2.24, 2.45) is 0 Å². The fraction of sp³-hybridized carbons (Fsp3) is 0.133. The fourth-order valence-corrected chi connectivity index (χ4v) is 2.98. The number of hydrogen-bond donors (Lipinski definition) is 2. The number of benzene rings is 2. The highest BCUT2D eigenvalue weighted by Crippen LogP contribution is 2.12. The number of rotatable bonds is 6. The van der Waals surface area contributed by atoms with Gasteiger partial charge in [0.15, 0.2) is 0 Å². The van der Waals surface area contributed by atoms with E-state index in [1.807, 2.05) is 0 Å². The van der Waals surface area contributed by atoms with E-state index in [1.165, 1.54) is 12.1 Å². The summed E-state index contributed by atoms with van der Waals surface area (Å²) in [7, 11) is -4.07. The second-order valence-corrected chi connectivity index (χ2v) is 6.44. The molecule has 0 atom stereocenters. The highest BCUT2D eigenvalue weighted by Gasteiger charge is 2.18. The van der Waals surface area contributed by atoms with Crippen molar-refractivity contribution in [3.05, 3.63) is 65.5 Å². The molecular weight excluding hydrogens is 345 g/mol. The maximum Gasteiger partial charge on any atom is 0.254 e. The van der Waals surface area contributed by atoms with Crippen LogP contribution in [0.2, 0.25) is 0 Å². The molecule has 0 aliphatic carbocycles. The lowest BCUT2D eigenvalue weighted by Gasteiger charge is -2.09. The molecule has 5 nitrogen and oxygen atoms in total. The third-order valence-electron chi connectivity index (χ3n) is 3.00. The van der Waals surface area contributed by atoms with Crippen LogP contribution in [0.4, 0.5) is 13.2 Å². The molecule has 2 rings (SSSR count). The molecule has 2 N–H and O–H groups in total. The molecule has 2 aromatic carbocycles. The molecule has 0 aromatic heterocycles. The monoisotopic (exact) mass is 358 g/mol. The zero-order chi connectivity index (χ0) is 17.7. The van der Waals surface area contributed by atoms with Crippen molar-refractivity contribution < 1.29 is 26.4 Å². The number of nitrogens with one attached hydrogen (secondary N) is 2. The van der Waals surface area contributed by atoms with Gasteiger partial charge in [-0.1, -0.05) is 12.1 Å². The molecule has 0 fully saturated rings. The zero-order valence-electron chi connectivity index (χ0n) is 12.2. The Bertz CT molecular complexity index is 857. The Kier molecular flexibility index (Phi) is 5.58. The predicted molar refractivity (Wildman–Crippen MR) is 80.3 cm³/mol. The normalized spacial score (nSPS) is 11.3. The van der Waals surface area contributed by atoms with Gasteiger partial charge in [-0.2, -0.15) is 0 Å². The predicted octanol–water partition coefficient (Wildman–Crippen LogP) is 1.81. The van der Waals surface area contributed by atoms with Crippen LogP contribution in [0.3, 0.4) is 0 Å². The Hall–Kier alpha value is -2.39. The van der Waals surface area contributed by atoms with E-state index >= 15 is 0 Å².